The van der Waals surface area contributed by atoms with Crippen molar-refractivity contribution >= 4 is 5.69 Å². The van der Waals surface area contributed by atoms with Crippen LogP contribution in [0, 0.1) is 19.7 Å². The van der Waals surface area contributed by atoms with Crippen molar-refractivity contribution < 1.29 is 9.13 Å². The van der Waals surface area contributed by atoms with E-state index in [-0.39, 0.29) is 6.01 Å². The van der Waals surface area contributed by atoms with Gasteiger partial charge in [-0.2, -0.15) is 0 Å². The molecule has 88 valence electrons. The number of hydrogen-bond donors (Lipinski definition) is 1. The summed E-state index contributed by atoms with van der Waals surface area (Å²) < 4.78 is 18.1. The number of aromatic nitrogens is 2. The molecule has 2 N–H and O–H groups in total. The minimum Gasteiger partial charge on any atom is -0.424 e. The van der Waals surface area contributed by atoms with E-state index in [4.69, 9.17) is 10.5 Å². The summed E-state index contributed by atoms with van der Waals surface area (Å²) in [6.07, 6.45) is 2.11. The van der Waals surface area contributed by atoms with Crippen molar-refractivity contribution in [3.63, 3.8) is 0 Å². The van der Waals surface area contributed by atoms with Crippen LogP contribution in [0.25, 0.3) is 0 Å². The molecule has 5 heteroatoms. The maximum Gasteiger partial charge on any atom is 0.322 e. The fourth-order valence-corrected chi connectivity index (χ4v) is 1.37. The van der Waals surface area contributed by atoms with Gasteiger partial charge in [-0.15, -0.1) is 0 Å². The second-order valence-corrected chi connectivity index (χ2v) is 3.76. The van der Waals surface area contributed by atoms with Crippen LogP contribution >= 0.6 is 0 Å². The minimum atomic E-state index is -0.498. The topological polar surface area (TPSA) is 61.0 Å². The number of halogens is 1. The minimum absolute atomic E-state index is 0.110. The number of nitrogens with zero attached hydrogens (tertiary/aromatic N) is 2. The predicted octanol–water partition coefficient (Wildman–Crippen LogP) is 2.61. The van der Waals surface area contributed by atoms with Crippen LogP contribution < -0.4 is 10.5 Å². The average Bonchev–Trinajstić information content (AvgIpc) is 2.29. The van der Waals surface area contributed by atoms with Gasteiger partial charge >= 0.3 is 6.01 Å². The van der Waals surface area contributed by atoms with E-state index in [1.165, 1.54) is 0 Å². The quantitative estimate of drug-likeness (QED) is 0.810. The highest BCUT2D eigenvalue weighted by molar-refractivity contribution is 5.54. The monoisotopic (exact) mass is 233 g/mol. The van der Waals surface area contributed by atoms with Gasteiger partial charge in [-0.25, -0.2) is 14.4 Å². The molecule has 0 aliphatic rings. The Hall–Kier alpha value is -2.17. The van der Waals surface area contributed by atoms with E-state index in [2.05, 4.69) is 9.97 Å². The molecule has 0 amide bonds. The number of hydrogen-bond acceptors (Lipinski definition) is 4. The molecule has 0 aliphatic heterocycles. The van der Waals surface area contributed by atoms with E-state index in [0.717, 1.165) is 23.5 Å². The van der Waals surface area contributed by atoms with Crippen LogP contribution in [0.4, 0.5) is 10.1 Å². The molecule has 0 radical (unpaired) electrons. The van der Waals surface area contributed by atoms with Crippen molar-refractivity contribution in [2.45, 2.75) is 13.8 Å². The molecule has 2 aromatic rings. The molecule has 2 rings (SSSR count). The fourth-order valence-electron chi connectivity index (χ4n) is 1.37. The van der Waals surface area contributed by atoms with Crippen molar-refractivity contribution in [2.75, 3.05) is 5.73 Å². The van der Waals surface area contributed by atoms with Crippen molar-refractivity contribution in [2.24, 2.45) is 0 Å². The first kappa shape index (κ1) is 11.3. The Morgan fingerprint density at radius 1 is 1.12 bits per heavy atom. The molecule has 0 aliphatic carbocycles. The number of anilines is 1. The zero-order valence-corrected chi connectivity index (χ0v) is 9.57. The van der Waals surface area contributed by atoms with Crippen LogP contribution in [0.15, 0.2) is 24.5 Å². The molecular weight excluding hydrogens is 221 g/mol. The fraction of sp³-hybridized carbons (Fsp3) is 0.167. The lowest BCUT2D eigenvalue weighted by atomic mass is 10.1. The average molecular weight is 233 g/mol. The molecule has 17 heavy (non-hydrogen) atoms. The van der Waals surface area contributed by atoms with Crippen molar-refractivity contribution in [1.82, 2.24) is 9.97 Å². The lowest BCUT2D eigenvalue weighted by Crippen LogP contribution is -1.97. The third-order valence-electron chi connectivity index (χ3n) is 2.36. The standard InChI is InChI=1S/C12H12FN3O/c1-7-4-11(8(2)3-10(7)14)17-12-15-5-9(13)6-16-12/h3-6H,14H2,1-2H3. The summed E-state index contributed by atoms with van der Waals surface area (Å²) in [4.78, 5) is 7.45. The van der Waals surface area contributed by atoms with Crippen LogP contribution in [0.1, 0.15) is 11.1 Å². The Kier molecular flexibility index (Phi) is 2.91. The molecule has 0 unspecified atom stereocenters. The first-order valence-corrected chi connectivity index (χ1v) is 5.08. The second kappa shape index (κ2) is 4.37. The number of nitrogens with two attached hydrogens (primary N) is 1. The van der Waals surface area contributed by atoms with Gasteiger partial charge in [0.25, 0.3) is 0 Å². The Labute approximate surface area is 98.3 Å². The molecule has 1 heterocycles. The van der Waals surface area contributed by atoms with Crippen molar-refractivity contribution in [3.8, 4) is 11.8 Å². The summed E-state index contributed by atoms with van der Waals surface area (Å²) in [7, 11) is 0. The number of rotatable bonds is 2. The molecule has 1 aromatic heterocycles. The highest BCUT2D eigenvalue weighted by Gasteiger charge is 2.06. The van der Waals surface area contributed by atoms with E-state index in [1.807, 2.05) is 19.9 Å². The first-order valence-electron chi connectivity index (χ1n) is 5.08. The molecule has 0 fully saturated rings. The van der Waals surface area contributed by atoms with Crippen molar-refractivity contribution in [3.05, 3.63) is 41.5 Å². The van der Waals surface area contributed by atoms with E-state index in [1.54, 1.807) is 6.07 Å². The van der Waals surface area contributed by atoms with Gasteiger partial charge < -0.3 is 10.5 Å². The van der Waals surface area contributed by atoms with Gasteiger partial charge in [0.2, 0.25) is 0 Å². The molecule has 1 aromatic carbocycles. The van der Waals surface area contributed by atoms with Gasteiger partial charge in [0.15, 0.2) is 5.82 Å². The molecule has 0 atom stereocenters. The van der Waals surface area contributed by atoms with E-state index in [9.17, 15) is 4.39 Å². The zero-order valence-electron chi connectivity index (χ0n) is 9.57. The lowest BCUT2D eigenvalue weighted by Gasteiger charge is -2.09. The Morgan fingerprint density at radius 3 is 2.41 bits per heavy atom. The molecule has 0 bridgehead atoms. The smallest absolute Gasteiger partial charge is 0.322 e. The molecule has 4 nitrogen and oxygen atoms in total. The van der Waals surface area contributed by atoms with E-state index in [0.29, 0.717) is 11.4 Å². The predicted molar refractivity (Wildman–Crippen MR) is 62.4 cm³/mol. The van der Waals surface area contributed by atoms with Crippen LogP contribution in [0.3, 0.4) is 0 Å². The Bertz CT molecular complexity index is 540. The van der Waals surface area contributed by atoms with Gasteiger partial charge in [0.05, 0.1) is 12.4 Å². The van der Waals surface area contributed by atoms with Gasteiger partial charge in [-0.05, 0) is 37.1 Å². The maximum absolute atomic E-state index is 12.6. The Morgan fingerprint density at radius 2 is 1.76 bits per heavy atom. The number of nitrogen functional groups attached to an aromatic ring is 1. The Balaban J connectivity index is 2.30. The highest BCUT2D eigenvalue weighted by atomic mass is 19.1. The number of ether oxygens (including phenoxy) is 1. The summed E-state index contributed by atoms with van der Waals surface area (Å²) in [5, 5.41) is 0. The normalized spacial score (nSPS) is 10.3. The number of benzene rings is 1. The van der Waals surface area contributed by atoms with Crippen LogP contribution in [0.5, 0.6) is 11.8 Å². The third kappa shape index (κ3) is 2.50. The first-order chi connectivity index (χ1) is 8.06. The van der Waals surface area contributed by atoms with Crippen molar-refractivity contribution in [1.29, 1.82) is 0 Å². The molecule has 0 spiro atoms. The zero-order chi connectivity index (χ0) is 12.4. The summed E-state index contributed by atoms with van der Waals surface area (Å²) in [6.45, 7) is 3.75. The van der Waals surface area contributed by atoms with Crippen LogP contribution in [-0.2, 0) is 0 Å². The van der Waals surface area contributed by atoms with Crippen LogP contribution in [-0.4, -0.2) is 9.97 Å². The molecular formula is C12H12FN3O. The number of aryl methyl sites for hydroxylation is 2. The molecule has 0 saturated heterocycles. The highest BCUT2D eigenvalue weighted by Crippen LogP contribution is 2.27. The summed E-state index contributed by atoms with van der Waals surface area (Å²) in [5.41, 5.74) is 8.26. The van der Waals surface area contributed by atoms with Gasteiger partial charge in [-0.3, -0.25) is 0 Å². The largest absolute Gasteiger partial charge is 0.424 e. The summed E-state index contributed by atoms with van der Waals surface area (Å²) in [5.74, 6) is 0.117. The van der Waals surface area contributed by atoms with Gasteiger partial charge in [0.1, 0.15) is 5.75 Å². The SMILES string of the molecule is Cc1cc(Oc2ncc(F)cn2)c(C)cc1N. The second-order valence-electron chi connectivity index (χ2n) is 3.76. The van der Waals surface area contributed by atoms with Crippen LogP contribution in [0.2, 0.25) is 0 Å². The van der Waals surface area contributed by atoms with Gasteiger partial charge in [0, 0.05) is 5.69 Å². The lowest BCUT2D eigenvalue weighted by molar-refractivity contribution is 0.433. The molecule has 0 saturated carbocycles. The van der Waals surface area contributed by atoms with E-state index >= 15 is 0 Å². The summed E-state index contributed by atoms with van der Waals surface area (Å²) >= 11 is 0. The third-order valence-corrected chi connectivity index (χ3v) is 2.36. The van der Waals surface area contributed by atoms with Gasteiger partial charge in [-0.1, -0.05) is 0 Å². The maximum atomic E-state index is 12.6. The summed E-state index contributed by atoms with van der Waals surface area (Å²) in [6, 6.07) is 3.73. The van der Waals surface area contributed by atoms with E-state index < -0.39 is 5.82 Å².